The Hall–Kier alpha value is -2.34. The summed E-state index contributed by atoms with van der Waals surface area (Å²) < 4.78 is 10.9. The fraction of sp³-hybridized carbons (Fsp3) is 0.455. The van der Waals surface area contributed by atoms with E-state index in [1.54, 1.807) is 25.1 Å². The number of anilines is 1. The quantitative estimate of drug-likeness (QED) is 0.656. The monoisotopic (exact) mass is 401 g/mol. The lowest BCUT2D eigenvalue weighted by molar-refractivity contribution is 0.0526. The van der Waals surface area contributed by atoms with Crippen LogP contribution >= 0.6 is 11.3 Å². The maximum Gasteiger partial charge on any atom is 0.341 e. The Labute approximate surface area is 170 Å². The van der Waals surface area contributed by atoms with Gasteiger partial charge in [-0.05, 0) is 56.7 Å². The summed E-state index contributed by atoms with van der Waals surface area (Å²) in [6.07, 6.45) is 3.99. The number of carbonyl (C=O) groups excluding carboxylic acids is 2. The number of esters is 1. The number of benzene rings is 1. The standard InChI is InChI=1S/C22H27NO4S/c1-4-14-11-12-16-18(13-14)28-21(19(16)22(25)27-6-3)23-20(24)15-9-7-8-10-17(15)26-5-2/h7-10,14H,4-6,11-13H2,1-3H3,(H,23,24)/t14-/m0/s1. The minimum atomic E-state index is -0.358. The predicted molar refractivity (Wildman–Crippen MR) is 112 cm³/mol. The van der Waals surface area contributed by atoms with Gasteiger partial charge in [0.05, 0.1) is 24.3 Å². The van der Waals surface area contributed by atoms with E-state index in [-0.39, 0.29) is 11.9 Å². The third kappa shape index (κ3) is 4.22. The van der Waals surface area contributed by atoms with Crippen molar-refractivity contribution in [2.24, 2.45) is 5.92 Å². The maximum atomic E-state index is 12.9. The fourth-order valence-electron chi connectivity index (χ4n) is 3.62. The van der Waals surface area contributed by atoms with Gasteiger partial charge in [-0.2, -0.15) is 0 Å². The second-order valence-electron chi connectivity index (χ2n) is 6.83. The van der Waals surface area contributed by atoms with Crippen molar-refractivity contribution in [1.82, 2.24) is 0 Å². The van der Waals surface area contributed by atoms with Crippen molar-refractivity contribution in [3.8, 4) is 5.75 Å². The van der Waals surface area contributed by atoms with Crippen LogP contribution in [-0.4, -0.2) is 25.1 Å². The number of ether oxygens (including phenoxy) is 2. The van der Waals surface area contributed by atoms with E-state index in [1.165, 1.54) is 16.2 Å². The van der Waals surface area contributed by atoms with Gasteiger partial charge in [-0.25, -0.2) is 4.79 Å². The fourth-order valence-corrected chi connectivity index (χ4v) is 4.96. The lowest BCUT2D eigenvalue weighted by atomic mass is 9.85. The Morgan fingerprint density at radius 3 is 2.68 bits per heavy atom. The lowest BCUT2D eigenvalue weighted by Crippen LogP contribution is -2.17. The molecule has 0 unspecified atom stereocenters. The smallest absolute Gasteiger partial charge is 0.341 e. The molecule has 1 amide bonds. The topological polar surface area (TPSA) is 64.6 Å². The highest BCUT2D eigenvalue weighted by Crippen LogP contribution is 2.41. The van der Waals surface area contributed by atoms with Crippen molar-refractivity contribution in [2.75, 3.05) is 18.5 Å². The molecule has 1 N–H and O–H groups in total. The number of rotatable bonds is 7. The molecule has 0 saturated heterocycles. The molecule has 1 aliphatic rings. The molecule has 3 rings (SSSR count). The number of thiophene rings is 1. The molecular weight excluding hydrogens is 374 g/mol. The van der Waals surface area contributed by atoms with Gasteiger partial charge < -0.3 is 14.8 Å². The van der Waals surface area contributed by atoms with E-state index in [2.05, 4.69) is 12.2 Å². The molecule has 1 aromatic carbocycles. The average Bonchev–Trinajstić information content (AvgIpc) is 3.05. The largest absolute Gasteiger partial charge is 0.493 e. The van der Waals surface area contributed by atoms with Crippen LogP contribution in [0.3, 0.4) is 0 Å². The van der Waals surface area contributed by atoms with E-state index in [4.69, 9.17) is 9.47 Å². The molecule has 1 aromatic heterocycles. The van der Waals surface area contributed by atoms with Crippen LogP contribution in [-0.2, 0) is 17.6 Å². The molecular formula is C22H27NO4S. The summed E-state index contributed by atoms with van der Waals surface area (Å²) in [5.41, 5.74) is 2.03. The molecule has 150 valence electrons. The Balaban J connectivity index is 1.94. The van der Waals surface area contributed by atoms with Crippen molar-refractivity contribution in [3.63, 3.8) is 0 Å². The van der Waals surface area contributed by atoms with Crippen LogP contribution in [0, 0.1) is 5.92 Å². The summed E-state index contributed by atoms with van der Waals surface area (Å²) in [4.78, 5) is 26.8. The number of carbonyl (C=O) groups is 2. The summed E-state index contributed by atoms with van der Waals surface area (Å²) in [7, 11) is 0. The first-order valence-corrected chi connectivity index (χ1v) is 10.7. The summed E-state index contributed by atoms with van der Waals surface area (Å²) >= 11 is 1.50. The predicted octanol–water partition coefficient (Wildman–Crippen LogP) is 5.09. The summed E-state index contributed by atoms with van der Waals surface area (Å²) in [5.74, 6) is 0.527. The number of fused-ring (bicyclic) bond motifs is 1. The molecule has 1 heterocycles. The first kappa shape index (κ1) is 20.4. The Kier molecular flexibility index (Phi) is 6.73. The second kappa shape index (κ2) is 9.24. The number of hydrogen-bond donors (Lipinski definition) is 1. The van der Waals surface area contributed by atoms with E-state index in [1.807, 2.05) is 13.0 Å². The van der Waals surface area contributed by atoms with Crippen molar-refractivity contribution in [3.05, 3.63) is 45.8 Å². The van der Waals surface area contributed by atoms with Crippen molar-refractivity contribution in [1.29, 1.82) is 0 Å². The molecule has 0 fully saturated rings. The highest BCUT2D eigenvalue weighted by Gasteiger charge is 2.30. The summed E-state index contributed by atoms with van der Waals surface area (Å²) in [6.45, 7) is 6.65. The van der Waals surface area contributed by atoms with E-state index in [0.717, 1.165) is 31.2 Å². The third-order valence-corrected chi connectivity index (χ3v) is 6.25. The molecule has 5 nitrogen and oxygen atoms in total. The van der Waals surface area contributed by atoms with Gasteiger partial charge in [-0.3, -0.25) is 4.79 Å². The van der Waals surface area contributed by atoms with Crippen LogP contribution < -0.4 is 10.1 Å². The Morgan fingerprint density at radius 1 is 1.18 bits per heavy atom. The molecule has 28 heavy (non-hydrogen) atoms. The molecule has 1 atom stereocenters. The van der Waals surface area contributed by atoms with Gasteiger partial charge in [-0.15, -0.1) is 11.3 Å². The number of nitrogens with one attached hydrogen (secondary N) is 1. The summed E-state index contributed by atoms with van der Waals surface area (Å²) in [5, 5.41) is 3.53. The maximum absolute atomic E-state index is 12.9. The van der Waals surface area contributed by atoms with Gasteiger partial charge in [0.2, 0.25) is 0 Å². The minimum absolute atomic E-state index is 0.278. The van der Waals surface area contributed by atoms with Gasteiger partial charge >= 0.3 is 5.97 Å². The molecule has 1 aliphatic carbocycles. The van der Waals surface area contributed by atoms with Crippen LogP contribution in [0.15, 0.2) is 24.3 Å². The second-order valence-corrected chi connectivity index (χ2v) is 7.93. The molecule has 0 aliphatic heterocycles. The minimum Gasteiger partial charge on any atom is -0.493 e. The van der Waals surface area contributed by atoms with Crippen LogP contribution in [0.25, 0.3) is 0 Å². The van der Waals surface area contributed by atoms with Crippen LogP contribution in [0.4, 0.5) is 5.00 Å². The van der Waals surface area contributed by atoms with Crippen molar-refractivity contribution >= 4 is 28.2 Å². The van der Waals surface area contributed by atoms with E-state index in [0.29, 0.717) is 41.0 Å². The summed E-state index contributed by atoms with van der Waals surface area (Å²) in [6, 6.07) is 7.14. The highest BCUT2D eigenvalue weighted by molar-refractivity contribution is 7.17. The van der Waals surface area contributed by atoms with Crippen LogP contribution in [0.2, 0.25) is 0 Å². The number of hydrogen-bond acceptors (Lipinski definition) is 5. The van der Waals surface area contributed by atoms with E-state index >= 15 is 0 Å². The first-order valence-electron chi connectivity index (χ1n) is 9.93. The van der Waals surface area contributed by atoms with Crippen molar-refractivity contribution < 1.29 is 19.1 Å². The van der Waals surface area contributed by atoms with E-state index in [9.17, 15) is 9.59 Å². The number of para-hydroxylation sites is 1. The molecule has 2 aromatic rings. The zero-order valence-corrected chi connectivity index (χ0v) is 17.5. The van der Waals surface area contributed by atoms with Gasteiger partial charge in [0, 0.05) is 4.88 Å². The average molecular weight is 402 g/mol. The van der Waals surface area contributed by atoms with Crippen molar-refractivity contribution in [2.45, 2.75) is 46.5 Å². The molecule has 0 spiro atoms. The lowest BCUT2D eigenvalue weighted by Gasteiger charge is -2.20. The zero-order chi connectivity index (χ0) is 20.1. The van der Waals surface area contributed by atoms with Gasteiger partial charge in [0.15, 0.2) is 0 Å². The SMILES string of the molecule is CCOC(=O)c1c(NC(=O)c2ccccc2OCC)sc2c1CC[C@H](CC)C2. The normalized spacial score (nSPS) is 15.6. The molecule has 0 radical (unpaired) electrons. The van der Waals surface area contributed by atoms with Gasteiger partial charge in [-0.1, -0.05) is 25.5 Å². The van der Waals surface area contributed by atoms with Gasteiger partial charge in [0.25, 0.3) is 5.91 Å². The third-order valence-electron chi connectivity index (χ3n) is 5.08. The Morgan fingerprint density at radius 2 is 1.96 bits per heavy atom. The van der Waals surface area contributed by atoms with Gasteiger partial charge in [0.1, 0.15) is 10.8 Å². The first-order chi connectivity index (χ1) is 13.6. The van der Waals surface area contributed by atoms with Crippen LogP contribution in [0.5, 0.6) is 5.75 Å². The number of amides is 1. The molecule has 6 heteroatoms. The van der Waals surface area contributed by atoms with E-state index < -0.39 is 0 Å². The molecule has 0 bridgehead atoms. The Bertz CT molecular complexity index is 858. The zero-order valence-electron chi connectivity index (χ0n) is 16.7. The van der Waals surface area contributed by atoms with Crippen LogP contribution in [0.1, 0.15) is 64.8 Å². The molecule has 0 saturated carbocycles. The highest BCUT2D eigenvalue weighted by atomic mass is 32.1.